The van der Waals surface area contributed by atoms with Crippen LogP contribution in [-0.4, -0.2) is 25.6 Å². The lowest BCUT2D eigenvalue weighted by Crippen LogP contribution is -2.02. The highest BCUT2D eigenvalue weighted by Crippen LogP contribution is 2.28. The number of benzene rings is 1. The van der Waals surface area contributed by atoms with Gasteiger partial charge in [-0.3, -0.25) is 4.79 Å². The Morgan fingerprint density at radius 3 is 2.90 bits per heavy atom. The van der Waals surface area contributed by atoms with E-state index in [0.717, 1.165) is 5.52 Å². The van der Waals surface area contributed by atoms with E-state index in [-0.39, 0.29) is 6.42 Å². The fourth-order valence-electron chi connectivity index (χ4n) is 2.13. The molecule has 0 aliphatic heterocycles. The number of hydrogen-bond acceptors (Lipinski definition) is 4. The standard InChI is InChI=1S/C15H13N3O3/c1-18-9-17-14-11(18)6-7-16-15(14)21-12-5-3-2-4-10(12)8-13(19)20/h2-7,9H,8H2,1H3,(H,19,20). The monoisotopic (exact) mass is 283 g/mol. The third kappa shape index (κ3) is 2.55. The molecule has 0 saturated heterocycles. The largest absolute Gasteiger partial charge is 0.481 e. The first kappa shape index (κ1) is 13.1. The number of hydrogen-bond donors (Lipinski definition) is 1. The van der Waals surface area contributed by atoms with Gasteiger partial charge in [-0.05, 0) is 12.1 Å². The van der Waals surface area contributed by atoms with Crippen molar-refractivity contribution in [3.63, 3.8) is 0 Å². The number of aliphatic carboxylic acids is 1. The lowest BCUT2D eigenvalue weighted by molar-refractivity contribution is -0.136. The highest BCUT2D eigenvalue weighted by molar-refractivity contribution is 5.80. The Hall–Kier alpha value is -2.89. The van der Waals surface area contributed by atoms with Crippen LogP contribution in [0.3, 0.4) is 0 Å². The molecule has 3 rings (SSSR count). The van der Waals surface area contributed by atoms with Crippen LogP contribution in [0.2, 0.25) is 0 Å². The number of pyridine rings is 1. The first-order valence-corrected chi connectivity index (χ1v) is 6.39. The molecule has 2 heterocycles. The van der Waals surface area contributed by atoms with Gasteiger partial charge in [0.2, 0.25) is 5.88 Å². The molecule has 6 heteroatoms. The van der Waals surface area contributed by atoms with Gasteiger partial charge in [0, 0.05) is 18.8 Å². The minimum atomic E-state index is -0.907. The average Bonchev–Trinajstić information content (AvgIpc) is 2.83. The maximum absolute atomic E-state index is 10.9. The zero-order valence-electron chi connectivity index (χ0n) is 11.4. The molecule has 2 aromatic heterocycles. The summed E-state index contributed by atoms with van der Waals surface area (Å²) in [4.78, 5) is 19.4. The molecule has 21 heavy (non-hydrogen) atoms. The number of aryl methyl sites for hydroxylation is 1. The summed E-state index contributed by atoms with van der Waals surface area (Å²) < 4.78 is 7.65. The quantitative estimate of drug-likeness (QED) is 0.795. The molecule has 3 aromatic rings. The smallest absolute Gasteiger partial charge is 0.307 e. The summed E-state index contributed by atoms with van der Waals surface area (Å²) in [7, 11) is 1.89. The summed E-state index contributed by atoms with van der Waals surface area (Å²) in [6.45, 7) is 0. The van der Waals surface area contributed by atoms with Crippen molar-refractivity contribution in [3.8, 4) is 11.6 Å². The number of aromatic nitrogens is 3. The summed E-state index contributed by atoms with van der Waals surface area (Å²) in [6.07, 6.45) is 3.22. The Balaban J connectivity index is 2.01. The molecule has 0 aliphatic rings. The molecule has 106 valence electrons. The van der Waals surface area contributed by atoms with Crippen molar-refractivity contribution >= 4 is 17.0 Å². The zero-order chi connectivity index (χ0) is 14.8. The van der Waals surface area contributed by atoms with Crippen LogP contribution in [-0.2, 0) is 18.3 Å². The maximum atomic E-state index is 10.9. The van der Waals surface area contributed by atoms with Crippen molar-refractivity contribution in [2.75, 3.05) is 0 Å². The number of carboxylic acid groups (broad SMARTS) is 1. The molecule has 0 fully saturated rings. The van der Waals surface area contributed by atoms with Gasteiger partial charge in [0.05, 0.1) is 18.3 Å². The van der Waals surface area contributed by atoms with Gasteiger partial charge in [-0.1, -0.05) is 18.2 Å². The fourth-order valence-corrected chi connectivity index (χ4v) is 2.13. The van der Waals surface area contributed by atoms with Gasteiger partial charge < -0.3 is 14.4 Å². The van der Waals surface area contributed by atoms with Crippen molar-refractivity contribution in [2.45, 2.75) is 6.42 Å². The van der Waals surface area contributed by atoms with Crippen LogP contribution in [0.1, 0.15) is 5.56 Å². The van der Waals surface area contributed by atoms with Crippen molar-refractivity contribution in [3.05, 3.63) is 48.4 Å². The minimum Gasteiger partial charge on any atom is -0.481 e. The van der Waals surface area contributed by atoms with Gasteiger partial charge in [-0.15, -0.1) is 0 Å². The van der Waals surface area contributed by atoms with Crippen LogP contribution in [0.4, 0.5) is 0 Å². The Morgan fingerprint density at radius 2 is 2.10 bits per heavy atom. The molecule has 0 unspecified atom stereocenters. The summed E-state index contributed by atoms with van der Waals surface area (Å²) in [5.41, 5.74) is 2.14. The number of ether oxygens (including phenoxy) is 1. The predicted molar refractivity (Wildman–Crippen MR) is 76.4 cm³/mol. The zero-order valence-corrected chi connectivity index (χ0v) is 11.4. The molecule has 0 amide bonds. The van der Waals surface area contributed by atoms with E-state index in [2.05, 4.69) is 9.97 Å². The Bertz CT molecular complexity index is 811. The molecule has 0 bridgehead atoms. The van der Waals surface area contributed by atoms with Crippen LogP contribution in [0.15, 0.2) is 42.9 Å². The topological polar surface area (TPSA) is 77.2 Å². The van der Waals surface area contributed by atoms with E-state index < -0.39 is 5.97 Å². The molecule has 0 atom stereocenters. The first-order chi connectivity index (χ1) is 10.1. The second-order valence-electron chi connectivity index (χ2n) is 4.62. The number of fused-ring (bicyclic) bond motifs is 1. The Morgan fingerprint density at radius 1 is 1.29 bits per heavy atom. The maximum Gasteiger partial charge on any atom is 0.307 e. The van der Waals surface area contributed by atoms with Crippen LogP contribution < -0.4 is 4.74 Å². The van der Waals surface area contributed by atoms with E-state index in [1.807, 2.05) is 17.7 Å². The molecule has 1 aromatic carbocycles. The molecule has 0 aliphatic carbocycles. The Kier molecular flexibility index (Phi) is 3.27. The summed E-state index contributed by atoms with van der Waals surface area (Å²) in [6, 6.07) is 8.86. The van der Waals surface area contributed by atoms with E-state index in [1.165, 1.54) is 0 Å². The normalized spacial score (nSPS) is 10.7. The average molecular weight is 283 g/mol. The lowest BCUT2D eigenvalue weighted by Gasteiger charge is -2.09. The number of rotatable bonds is 4. The van der Waals surface area contributed by atoms with Crippen molar-refractivity contribution < 1.29 is 14.6 Å². The van der Waals surface area contributed by atoms with Crippen LogP contribution in [0.25, 0.3) is 11.0 Å². The highest BCUT2D eigenvalue weighted by atomic mass is 16.5. The minimum absolute atomic E-state index is 0.103. The van der Waals surface area contributed by atoms with Crippen LogP contribution in [0.5, 0.6) is 11.6 Å². The summed E-state index contributed by atoms with van der Waals surface area (Å²) in [5.74, 6) is -0.0634. The van der Waals surface area contributed by atoms with E-state index >= 15 is 0 Å². The fraction of sp³-hybridized carbons (Fsp3) is 0.133. The molecule has 0 saturated carbocycles. The lowest BCUT2D eigenvalue weighted by atomic mass is 10.1. The van der Waals surface area contributed by atoms with Gasteiger partial charge in [-0.25, -0.2) is 9.97 Å². The summed E-state index contributed by atoms with van der Waals surface area (Å²) in [5, 5.41) is 8.95. The van der Waals surface area contributed by atoms with E-state index in [1.54, 1.807) is 36.8 Å². The number of carbonyl (C=O) groups is 1. The first-order valence-electron chi connectivity index (χ1n) is 6.39. The van der Waals surface area contributed by atoms with Crippen molar-refractivity contribution in [2.24, 2.45) is 7.05 Å². The van der Waals surface area contributed by atoms with Gasteiger partial charge in [0.1, 0.15) is 5.75 Å². The van der Waals surface area contributed by atoms with Gasteiger partial charge >= 0.3 is 5.97 Å². The Labute approximate surface area is 120 Å². The number of imidazole rings is 1. The molecule has 1 N–H and O–H groups in total. The molecular formula is C15H13N3O3. The second kappa shape index (κ2) is 5.24. The third-order valence-corrected chi connectivity index (χ3v) is 3.13. The molecule has 6 nitrogen and oxygen atoms in total. The third-order valence-electron chi connectivity index (χ3n) is 3.13. The van der Waals surface area contributed by atoms with Crippen LogP contribution in [0, 0.1) is 0 Å². The van der Waals surface area contributed by atoms with E-state index in [9.17, 15) is 4.79 Å². The SMILES string of the molecule is Cn1cnc2c(Oc3ccccc3CC(=O)O)nccc21. The molecule has 0 spiro atoms. The van der Waals surface area contributed by atoms with E-state index in [4.69, 9.17) is 9.84 Å². The van der Waals surface area contributed by atoms with Crippen LogP contribution >= 0.6 is 0 Å². The van der Waals surface area contributed by atoms with E-state index in [0.29, 0.717) is 22.7 Å². The number of nitrogens with zero attached hydrogens (tertiary/aromatic N) is 3. The second-order valence-corrected chi connectivity index (χ2v) is 4.62. The molecule has 0 radical (unpaired) electrons. The predicted octanol–water partition coefficient (Wildman–Crippen LogP) is 2.39. The number of carboxylic acids is 1. The van der Waals surface area contributed by atoms with Gasteiger partial charge in [-0.2, -0.15) is 0 Å². The molecular weight excluding hydrogens is 270 g/mol. The highest BCUT2D eigenvalue weighted by Gasteiger charge is 2.12. The van der Waals surface area contributed by atoms with Gasteiger partial charge in [0.15, 0.2) is 5.52 Å². The van der Waals surface area contributed by atoms with Crippen molar-refractivity contribution in [1.82, 2.24) is 14.5 Å². The van der Waals surface area contributed by atoms with Gasteiger partial charge in [0.25, 0.3) is 0 Å². The van der Waals surface area contributed by atoms with Crippen molar-refractivity contribution in [1.29, 1.82) is 0 Å². The number of para-hydroxylation sites is 1. The summed E-state index contributed by atoms with van der Waals surface area (Å²) >= 11 is 0.